The number of alkyl halides is 3. The minimum absolute atomic E-state index is 0.180. The highest BCUT2D eigenvalue weighted by Crippen LogP contribution is 2.31. The second-order valence-electron chi connectivity index (χ2n) is 5.26. The van der Waals surface area contributed by atoms with Crippen LogP contribution in [0.4, 0.5) is 13.2 Å². The van der Waals surface area contributed by atoms with Gasteiger partial charge in [-0.15, -0.1) is 0 Å². The van der Waals surface area contributed by atoms with Gasteiger partial charge in [-0.25, -0.2) is 5.06 Å². The van der Waals surface area contributed by atoms with E-state index in [-0.39, 0.29) is 12.5 Å². The molecule has 8 heteroatoms. The zero-order chi connectivity index (χ0) is 16.3. The lowest BCUT2D eigenvalue weighted by atomic mass is 9.94. The van der Waals surface area contributed by atoms with E-state index in [0.717, 1.165) is 35.2 Å². The molecule has 0 bridgehead atoms. The average molecular weight is 317 g/mol. The molecule has 1 atom stereocenters. The normalized spacial score (nSPS) is 18.5. The van der Waals surface area contributed by atoms with E-state index in [9.17, 15) is 18.0 Å². The molecule has 2 rings (SSSR count). The van der Waals surface area contributed by atoms with Crippen molar-refractivity contribution >= 4 is 5.91 Å². The van der Waals surface area contributed by atoms with Crippen LogP contribution in [-0.4, -0.2) is 34.4 Å². The molecule has 0 saturated heterocycles. The van der Waals surface area contributed by atoms with Gasteiger partial charge in [-0.3, -0.25) is 14.3 Å². The number of amides is 1. The van der Waals surface area contributed by atoms with Crippen LogP contribution in [0.3, 0.4) is 0 Å². The molecule has 22 heavy (non-hydrogen) atoms. The largest absolute Gasteiger partial charge is 0.435 e. The lowest BCUT2D eigenvalue weighted by molar-refractivity contribution is -0.142. The second-order valence-corrected chi connectivity index (χ2v) is 5.26. The van der Waals surface area contributed by atoms with Crippen molar-refractivity contribution < 1.29 is 22.8 Å². The van der Waals surface area contributed by atoms with Crippen LogP contribution in [0.15, 0.2) is 18.3 Å². The number of hydrogen-bond acceptors (Lipinski definition) is 3. The number of carbonyl (C=O) groups is 1. The summed E-state index contributed by atoms with van der Waals surface area (Å²) in [4.78, 5) is 17.4. The third-order valence-electron chi connectivity index (χ3n) is 3.58. The molecule has 122 valence electrons. The van der Waals surface area contributed by atoms with Crippen LogP contribution in [0.1, 0.15) is 35.3 Å². The van der Waals surface area contributed by atoms with E-state index >= 15 is 0 Å². The molecule has 1 amide bonds. The summed E-state index contributed by atoms with van der Waals surface area (Å²) in [5.74, 6) is -0.641. The number of allylic oxidation sites excluding steroid dienone is 2. The van der Waals surface area contributed by atoms with Gasteiger partial charge in [0.1, 0.15) is 0 Å². The molecule has 0 radical (unpaired) electrons. The molecule has 5 nitrogen and oxygen atoms in total. The van der Waals surface area contributed by atoms with Gasteiger partial charge in [-0.1, -0.05) is 12.2 Å². The van der Waals surface area contributed by atoms with Crippen molar-refractivity contribution in [2.45, 2.75) is 25.4 Å². The molecule has 0 saturated carbocycles. The van der Waals surface area contributed by atoms with Crippen molar-refractivity contribution in [1.82, 2.24) is 14.8 Å². The quantitative estimate of drug-likeness (QED) is 0.634. The first kappa shape index (κ1) is 16.5. The van der Waals surface area contributed by atoms with Gasteiger partial charge in [0, 0.05) is 13.2 Å². The summed E-state index contributed by atoms with van der Waals surface area (Å²) in [6, 6.07) is 0. The molecule has 1 aliphatic rings. The maximum atomic E-state index is 13.0. The Balaban J connectivity index is 2.19. The third kappa shape index (κ3) is 3.68. The molecule has 0 spiro atoms. The number of nitrogens with zero attached hydrogens (tertiary/aromatic N) is 3. The Labute approximate surface area is 126 Å². The number of halogens is 3. The average Bonchev–Trinajstić information content (AvgIpc) is 2.87. The van der Waals surface area contributed by atoms with E-state index < -0.39 is 23.3 Å². The van der Waals surface area contributed by atoms with E-state index in [0.29, 0.717) is 0 Å². The summed E-state index contributed by atoms with van der Waals surface area (Å²) < 4.78 is 39.8. The topological polar surface area (TPSA) is 47.4 Å². The Hall–Kier alpha value is -1.83. The fourth-order valence-electron chi connectivity index (χ4n) is 2.49. The first-order valence-corrected chi connectivity index (χ1v) is 6.94. The molecule has 1 aromatic heterocycles. The van der Waals surface area contributed by atoms with Crippen molar-refractivity contribution in [1.29, 1.82) is 0 Å². The molecule has 1 unspecified atom stereocenters. The minimum Gasteiger partial charge on any atom is -0.274 e. The highest BCUT2D eigenvalue weighted by Gasteiger charge is 2.40. The summed E-state index contributed by atoms with van der Waals surface area (Å²) in [5, 5.41) is 4.33. The van der Waals surface area contributed by atoms with E-state index in [2.05, 4.69) is 11.2 Å². The molecule has 0 fully saturated rings. The first-order chi connectivity index (χ1) is 10.3. The van der Waals surface area contributed by atoms with Crippen LogP contribution >= 0.6 is 0 Å². The maximum absolute atomic E-state index is 13.0. The second kappa shape index (κ2) is 6.51. The number of rotatable bonds is 4. The Bertz CT molecular complexity index is 566. The zero-order valence-electron chi connectivity index (χ0n) is 12.4. The Morgan fingerprint density at radius 1 is 1.50 bits per heavy atom. The van der Waals surface area contributed by atoms with Crippen molar-refractivity contribution in [3.05, 3.63) is 29.6 Å². The molecule has 0 N–H and O–H groups in total. The molecule has 0 aromatic carbocycles. The van der Waals surface area contributed by atoms with E-state index in [1.54, 1.807) is 0 Å². The molecular weight excluding hydrogens is 299 g/mol. The lowest BCUT2D eigenvalue weighted by Crippen LogP contribution is -2.35. The van der Waals surface area contributed by atoms with Crippen molar-refractivity contribution in [2.75, 3.05) is 13.7 Å². The van der Waals surface area contributed by atoms with Crippen LogP contribution in [-0.2, 0) is 18.1 Å². The van der Waals surface area contributed by atoms with Gasteiger partial charge in [0.25, 0.3) is 5.91 Å². The fraction of sp³-hybridized carbons (Fsp3) is 0.571. The van der Waals surface area contributed by atoms with Gasteiger partial charge >= 0.3 is 6.18 Å². The van der Waals surface area contributed by atoms with Gasteiger partial charge in [0.2, 0.25) is 0 Å². The van der Waals surface area contributed by atoms with Crippen molar-refractivity contribution in [2.24, 2.45) is 13.0 Å². The van der Waals surface area contributed by atoms with Gasteiger partial charge in [0.05, 0.1) is 19.2 Å². The maximum Gasteiger partial charge on any atom is 0.435 e. The summed E-state index contributed by atoms with van der Waals surface area (Å²) in [6.45, 7) is 0.256. The molecule has 1 heterocycles. The van der Waals surface area contributed by atoms with E-state index in [1.165, 1.54) is 14.2 Å². The zero-order valence-corrected chi connectivity index (χ0v) is 12.4. The number of carbonyl (C=O) groups excluding carboxylic acids is 1. The highest BCUT2D eigenvalue weighted by molar-refractivity contribution is 5.94. The van der Waals surface area contributed by atoms with Crippen molar-refractivity contribution in [3.8, 4) is 0 Å². The fourth-order valence-corrected chi connectivity index (χ4v) is 2.49. The van der Waals surface area contributed by atoms with Crippen LogP contribution in [0.25, 0.3) is 0 Å². The Morgan fingerprint density at radius 2 is 2.23 bits per heavy atom. The standard InChI is InChI=1S/C14H18F3N3O2/c1-19-9-11(12(18-19)14(15,16)17)13(21)20(22-2)8-10-6-4-3-5-7-10/h3-4,9-10H,5-8H2,1-2H3. The molecule has 1 aliphatic carbocycles. The Morgan fingerprint density at radius 3 is 2.77 bits per heavy atom. The molecular formula is C14H18F3N3O2. The predicted molar refractivity (Wildman–Crippen MR) is 72.7 cm³/mol. The summed E-state index contributed by atoms with van der Waals surface area (Å²) in [7, 11) is 2.62. The summed E-state index contributed by atoms with van der Waals surface area (Å²) in [6.07, 6.45) is 3.01. The van der Waals surface area contributed by atoms with Gasteiger partial charge in [-0.2, -0.15) is 18.3 Å². The minimum atomic E-state index is -4.68. The lowest BCUT2D eigenvalue weighted by Gasteiger charge is -2.26. The van der Waals surface area contributed by atoms with Crippen molar-refractivity contribution in [3.63, 3.8) is 0 Å². The number of hydrogen-bond donors (Lipinski definition) is 0. The van der Waals surface area contributed by atoms with E-state index in [1.807, 2.05) is 6.08 Å². The van der Waals surface area contributed by atoms with E-state index in [4.69, 9.17) is 4.84 Å². The molecule has 1 aromatic rings. The Kier molecular flexibility index (Phi) is 4.90. The van der Waals surface area contributed by atoms with Crippen LogP contribution < -0.4 is 0 Å². The summed E-state index contributed by atoms with van der Waals surface area (Å²) >= 11 is 0. The smallest absolute Gasteiger partial charge is 0.274 e. The molecule has 0 aliphatic heterocycles. The third-order valence-corrected chi connectivity index (χ3v) is 3.58. The predicted octanol–water partition coefficient (Wildman–Crippen LogP) is 2.80. The van der Waals surface area contributed by atoms with Gasteiger partial charge in [0.15, 0.2) is 5.69 Å². The monoisotopic (exact) mass is 317 g/mol. The van der Waals surface area contributed by atoms with Gasteiger partial charge < -0.3 is 0 Å². The van der Waals surface area contributed by atoms with Crippen LogP contribution in [0.5, 0.6) is 0 Å². The van der Waals surface area contributed by atoms with Crippen LogP contribution in [0, 0.1) is 5.92 Å². The van der Waals surface area contributed by atoms with Gasteiger partial charge in [-0.05, 0) is 25.2 Å². The number of aryl methyl sites for hydroxylation is 1. The van der Waals surface area contributed by atoms with Crippen LogP contribution in [0.2, 0.25) is 0 Å². The highest BCUT2D eigenvalue weighted by atomic mass is 19.4. The number of aromatic nitrogens is 2. The SMILES string of the molecule is CON(CC1CC=CCC1)C(=O)c1cn(C)nc1C(F)(F)F. The number of hydroxylamine groups is 2. The summed E-state index contributed by atoms with van der Waals surface area (Å²) in [5.41, 5.74) is -1.69. The first-order valence-electron chi connectivity index (χ1n) is 6.94.